The zero-order chi connectivity index (χ0) is 23.6. The first-order chi connectivity index (χ1) is 15.8. The molecule has 0 atom stereocenters. The molecular formula is C25H25F3N2O3. The molecule has 0 unspecified atom stereocenters. The van der Waals surface area contributed by atoms with E-state index in [2.05, 4.69) is 4.90 Å². The second-order valence-electron chi connectivity index (χ2n) is 8.13. The number of benzene rings is 2. The Morgan fingerprint density at radius 3 is 2.55 bits per heavy atom. The number of hydrogen-bond acceptors (Lipinski definition) is 5. The van der Waals surface area contributed by atoms with Gasteiger partial charge in [0.2, 0.25) is 0 Å². The topological polar surface area (TPSA) is 62.7 Å². The molecule has 1 N–H and O–H groups in total. The Kier molecular flexibility index (Phi) is 6.56. The van der Waals surface area contributed by atoms with E-state index in [0.717, 1.165) is 17.3 Å². The number of nitrogens with zero attached hydrogens (tertiary/aromatic N) is 2. The fraction of sp³-hybridized carbons (Fsp3) is 0.360. The molecule has 8 heteroatoms. The van der Waals surface area contributed by atoms with Crippen molar-refractivity contribution >= 4 is 22.7 Å². The lowest BCUT2D eigenvalue weighted by Gasteiger charge is -2.31. The van der Waals surface area contributed by atoms with Gasteiger partial charge in [0.25, 0.3) is 0 Å². The highest BCUT2D eigenvalue weighted by Gasteiger charge is 2.34. The van der Waals surface area contributed by atoms with E-state index in [1.807, 2.05) is 12.1 Å². The molecule has 3 aromatic rings. The van der Waals surface area contributed by atoms with E-state index in [0.29, 0.717) is 43.6 Å². The molecule has 0 radical (unpaired) electrons. The Balaban J connectivity index is 1.58. The lowest BCUT2D eigenvalue weighted by atomic mass is 9.96. The van der Waals surface area contributed by atoms with Gasteiger partial charge in [0.15, 0.2) is 0 Å². The largest absolute Gasteiger partial charge is 0.466 e. The molecule has 2 aromatic carbocycles. The average molecular weight is 458 g/mol. The van der Waals surface area contributed by atoms with Crippen molar-refractivity contribution in [2.45, 2.75) is 32.5 Å². The first kappa shape index (κ1) is 23.0. The third-order valence-electron chi connectivity index (χ3n) is 6.00. The van der Waals surface area contributed by atoms with Crippen LogP contribution < -0.4 is 4.90 Å². The summed E-state index contributed by atoms with van der Waals surface area (Å²) in [6.45, 7) is 3.10. The quantitative estimate of drug-likeness (QED) is 0.533. The molecule has 0 saturated carbocycles. The molecule has 4 rings (SSSR count). The van der Waals surface area contributed by atoms with Gasteiger partial charge < -0.3 is 14.7 Å². The molecule has 1 aliphatic rings. The number of halogens is 3. The highest BCUT2D eigenvalue weighted by Crippen LogP contribution is 2.38. The monoisotopic (exact) mass is 458 g/mol. The molecule has 0 spiro atoms. The van der Waals surface area contributed by atoms with E-state index < -0.39 is 18.3 Å². The number of aliphatic hydroxyl groups excluding tert-OH is 1. The Morgan fingerprint density at radius 2 is 1.88 bits per heavy atom. The number of esters is 1. The third-order valence-corrected chi connectivity index (χ3v) is 6.00. The highest BCUT2D eigenvalue weighted by molar-refractivity contribution is 5.86. The summed E-state index contributed by atoms with van der Waals surface area (Å²) in [5.74, 6) is 0.534. The molecule has 0 aliphatic carbocycles. The minimum atomic E-state index is -4.53. The van der Waals surface area contributed by atoms with E-state index in [4.69, 9.17) is 9.72 Å². The van der Waals surface area contributed by atoms with Crippen molar-refractivity contribution in [2.24, 2.45) is 5.92 Å². The van der Waals surface area contributed by atoms with Gasteiger partial charge in [-0.15, -0.1) is 0 Å². The Morgan fingerprint density at radius 1 is 1.12 bits per heavy atom. The SMILES string of the molecule is CCOC(=O)C1CCN(c2ccc3cc(-c4ccc(CO)cc4C(F)(F)F)ccc3n2)CC1. The van der Waals surface area contributed by atoms with Gasteiger partial charge in [0.05, 0.1) is 30.2 Å². The highest BCUT2D eigenvalue weighted by atomic mass is 19.4. The predicted molar refractivity (Wildman–Crippen MR) is 120 cm³/mol. The number of anilines is 1. The van der Waals surface area contributed by atoms with Crippen LogP contribution >= 0.6 is 0 Å². The molecule has 174 valence electrons. The fourth-order valence-electron chi connectivity index (χ4n) is 4.24. The van der Waals surface area contributed by atoms with Crippen molar-refractivity contribution in [3.8, 4) is 11.1 Å². The summed E-state index contributed by atoms with van der Waals surface area (Å²) in [4.78, 5) is 18.8. The second-order valence-corrected chi connectivity index (χ2v) is 8.13. The van der Waals surface area contributed by atoms with Gasteiger partial charge >= 0.3 is 12.1 Å². The Hall–Kier alpha value is -3.13. The molecule has 2 heterocycles. The van der Waals surface area contributed by atoms with Crippen molar-refractivity contribution in [1.82, 2.24) is 4.98 Å². The smallest absolute Gasteiger partial charge is 0.417 e. The van der Waals surface area contributed by atoms with Gasteiger partial charge in [-0.3, -0.25) is 4.79 Å². The van der Waals surface area contributed by atoms with Gasteiger partial charge in [-0.2, -0.15) is 13.2 Å². The number of aromatic nitrogens is 1. The summed E-state index contributed by atoms with van der Waals surface area (Å²) in [5.41, 5.74) is 0.618. The molecule has 1 aromatic heterocycles. The van der Waals surface area contributed by atoms with Crippen molar-refractivity contribution in [3.05, 3.63) is 59.7 Å². The standard InChI is InChI=1S/C25H25F3N2O3/c1-2-33-24(32)17-9-11-30(12-10-17)23-8-5-19-14-18(4-7-22(19)29-23)20-6-3-16(15-31)13-21(20)25(26,27)28/h3-8,13-14,17,31H,2,9-12,15H2,1H3. The van der Waals surface area contributed by atoms with Crippen molar-refractivity contribution in [1.29, 1.82) is 0 Å². The summed E-state index contributed by atoms with van der Waals surface area (Å²) in [5, 5.41) is 9.96. The van der Waals surface area contributed by atoms with Gasteiger partial charge in [-0.1, -0.05) is 18.2 Å². The minimum absolute atomic E-state index is 0.0618. The maximum Gasteiger partial charge on any atom is 0.417 e. The van der Waals surface area contributed by atoms with Crippen LogP contribution in [0.25, 0.3) is 22.0 Å². The normalized spacial score (nSPS) is 15.1. The van der Waals surface area contributed by atoms with Crippen LogP contribution in [-0.4, -0.2) is 35.8 Å². The van der Waals surface area contributed by atoms with Crippen LogP contribution in [0, 0.1) is 5.92 Å². The van der Waals surface area contributed by atoms with E-state index in [1.54, 1.807) is 25.1 Å². The maximum absolute atomic E-state index is 13.6. The predicted octanol–water partition coefficient (Wildman–Crippen LogP) is 5.19. The summed E-state index contributed by atoms with van der Waals surface area (Å²) in [7, 11) is 0. The van der Waals surface area contributed by atoms with E-state index in [-0.39, 0.29) is 23.0 Å². The van der Waals surface area contributed by atoms with Crippen molar-refractivity contribution in [2.75, 3.05) is 24.6 Å². The van der Waals surface area contributed by atoms with Crippen LogP contribution in [0.5, 0.6) is 0 Å². The molecule has 0 amide bonds. The molecule has 0 bridgehead atoms. The van der Waals surface area contributed by atoms with Gasteiger partial charge in [-0.25, -0.2) is 4.98 Å². The second kappa shape index (κ2) is 9.39. The molecule has 1 aliphatic heterocycles. The number of rotatable bonds is 5. The number of aliphatic hydroxyl groups is 1. The van der Waals surface area contributed by atoms with Crippen LogP contribution in [0.15, 0.2) is 48.5 Å². The minimum Gasteiger partial charge on any atom is -0.466 e. The number of pyridine rings is 1. The number of carbonyl (C=O) groups is 1. The van der Waals surface area contributed by atoms with Crippen LogP contribution in [0.2, 0.25) is 0 Å². The number of fused-ring (bicyclic) bond motifs is 1. The number of ether oxygens (including phenoxy) is 1. The zero-order valence-corrected chi connectivity index (χ0v) is 18.2. The summed E-state index contributed by atoms with van der Waals surface area (Å²) in [6, 6.07) is 12.6. The van der Waals surface area contributed by atoms with Crippen LogP contribution in [0.4, 0.5) is 19.0 Å². The Labute approximate surface area is 189 Å². The average Bonchev–Trinajstić information content (AvgIpc) is 2.82. The van der Waals surface area contributed by atoms with E-state index in [9.17, 15) is 23.1 Å². The zero-order valence-electron chi connectivity index (χ0n) is 18.2. The van der Waals surface area contributed by atoms with Gasteiger partial charge in [0.1, 0.15) is 5.82 Å². The molecule has 1 fully saturated rings. The van der Waals surface area contributed by atoms with Gasteiger partial charge in [-0.05, 0) is 66.8 Å². The maximum atomic E-state index is 13.6. The first-order valence-electron chi connectivity index (χ1n) is 10.9. The van der Waals surface area contributed by atoms with Crippen molar-refractivity contribution in [3.63, 3.8) is 0 Å². The number of hydrogen-bond donors (Lipinski definition) is 1. The Bertz CT molecular complexity index is 1160. The summed E-state index contributed by atoms with van der Waals surface area (Å²) < 4.78 is 46.0. The molecule has 5 nitrogen and oxygen atoms in total. The number of carbonyl (C=O) groups excluding carboxylic acids is 1. The molecular weight excluding hydrogens is 433 g/mol. The number of alkyl halides is 3. The van der Waals surface area contributed by atoms with E-state index >= 15 is 0 Å². The fourth-order valence-corrected chi connectivity index (χ4v) is 4.24. The third kappa shape index (κ3) is 4.95. The van der Waals surface area contributed by atoms with E-state index in [1.165, 1.54) is 12.1 Å². The summed E-state index contributed by atoms with van der Waals surface area (Å²) >= 11 is 0. The van der Waals surface area contributed by atoms with Crippen LogP contribution in [0.3, 0.4) is 0 Å². The summed E-state index contributed by atoms with van der Waals surface area (Å²) in [6.07, 6.45) is -3.14. The van der Waals surface area contributed by atoms with Gasteiger partial charge in [0, 0.05) is 18.5 Å². The van der Waals surface area contributed by atoms with Crippen LogP contribution in [0.1, 0.15) is 30.9 Å². The number of piperidine rings is 1. The van der Waals surface area contributed by atoms with Crippen molar-refractivity contribution < 1.29 is 27.8 Å². The van der Waals surface area contributed by atoms with Crippen LogP contribution in [-0.2, 0) is 22.3 Å². The first-order valence-corrected chi connectivity index (χ1v) is 10.9. The lowest BCUT2D eigenvalue weighted by molar-refractivity contribution is -0.148. The molecule has 33 heavy (non-hydrogen) atoms. The lowest BCUT2D eigenvalue weighted by Crippen LogP contribution is -2.37. The molecule has 1 saturated heterocycles.